The number of nitrogens with one attached hydrogen (secondary N) is 1. The number of aromatic nitrogens is 1. The van der Waals surface area contributed by atoms with Gasteiger partial charge in [-0.25, -0.2) is 4.98 Å². The lowest BCUT2D eigenvalue weighted by Gasteiger charge is -2.38. The predicted molar refractivity (Wildman–Crippen MR) is 64.8 cm³/mol. The third kappa shape index (κ3) is 2.85. The van der Waals surface area contributed by atoms with Gasteiger partial charge in [0.2, 0.25) is 0 Å². The van der Waals surface area contributed by atoms with E-state index < -0.39 is 11.1 Å². The van der Waals surface area contributed by atoms with Crippen molar-refractivity contribution in [3.8, 4) is 5.75 Å². The molecule has 0 spiro atoms. The van der Waals surface area contributed by atoms with Crippen LogP contribution >= 0.6 is 0 Å². The summed E-state index contributed by atoms with van der Waals surface area (Å²) in [5.41, 5.74) is -1.30. The van der Waals surface area contributed by atoms with Crippen LogP contribution in [0.4, 0.5) is 5.82 Å². The minimum Gasteiger partial charge on any atom is -0.495 e. The van der Waals surface area contributed by atoms with Gasteiger partial charge in [-0.2, -0.15) is 0 Å². The fraction of sp³-hybridized carbons (Fsp3) is 0.583. The van der Waals surface area contributed by atoms with Crippen LogP contribution in [0.3, 0.4) is 0 Å². The number of nitrogens with zero attached hydrogens (tertiary/aromatic N) is 1. The quantitative estimate of drug-likeness (QED) is 0.822. The second kappa shape index (κ2) is 4.29. The lowest BCUT2D eigenvalue weighted by Crippen LogP contribution is -2.51. The van der Waals surface area contributed by atoms with E-state index >= 15 is 0 Å². The van der Waals surface area contributed by atoms with Gasteiger partial charge in [0.1, 0.15) is 11.6 Å². The van der Waals surface area contributed by atoms with Gasteiger partial charge in [-0.1, -0.05) is 0 Å². The summed E-state index contributed by atoms with van der Waals surface area (Å²) < 4.78 is 5.03. The number of ether oxygens (including phenoxy) is 1. The lowest BCUT2D eigenvalue weighted by atomic mass is 9.86. The highest BCUT2D eigenvalue weighted by Crippen LogP contribution is 2.25. The summed E-state index contributed by atoms with van der Waals surface area (Å²) in [5.74, 6) is 1.43. The Hall–Kier alpha value is -1.29. The molecule has 0 amide bonds. The number of hydrogen-bond donors (Lipinski definition) is 2. The van der Waals surface area contributed by atoms with Crippen LogP contribution in [0.2, 0.25) is 0 Å². The Morgan fingerprint density at radius 1 is 1.25 bits per heavy atom. The maximum absolute atomic E-state index is 9.99. The third-order valence-electron chi connectivity index (χ3n) is 2.94. The molecule has 1 rings (SSSR count). The Balaban J connectivity index is 2.80. The molecule has 1 aromatic heterocycles. The first-order valence-corrected chi connectivity index (χ1v) is 5.27. The summed E-state index contributed by atoms with van der Waals surface area (Å²) in [6, 6.07) is 3.65. The smallest absolute Gasteiger partial charge is 0.137 e. The summed E-state index contributed by atoms with van der Waals surface area (Å²) >= 11 is 0. The average molecular weight is 224 g/mol. The van der Waals surface area contributed by atoms with Crippen molar-refractivity contribution in [3.63, 3.8) is 0 Å². The zero-order valence-electron chi connectivity index (χ0n) is 10.5. The summed E-state index contributed by atoms with van der Waals surface area (Å²) in [6.45, 7) is 7.39. The molecule has 4 nitrogen and oxygen atoms in total. The molecule has 1 aromatic rings. The van der Waals surface area contributed by atoms with Gasteiger partial charge in [0.05, 0.1) is 24.4 Å². The van der Waals surface area contributed by atoms with Gasteiger partial charge in [-0.3, -0.25) is 0 Å². The van der Waals surface area contributed by atoms with E-state index in [0.717, 1.165) is 0 Å². The van der Waals surface area contributed by atoms with Crippen LogP contribution in [0.1, 0.15) is 27.7 Å². The first-order valence-electron chi connectivity index (χ1n) is 5.27. The fourth-order valence-corrected chi connectivity index (χ4v) is 1.05. The molecule has 90 valence electrons. The molecule has 1 heterocycles. The molecule has 0 saturated carbocycles. The number of anilines is 1. The van der Waals surface area contributed by atoms with Gasteiger partial charge in [0, 0.05) is 0 Å². The zero-order valence-corrected chi connectivity index (χ0v) is 10.5. The van der Waals surface area contributed by atoms with E-state index in [-0.39, 0.29) is 0 Å². The van der Waals surface area contributed by atoms with Crippen LogP contribution in [0.25, 0.3) is 0 Å². The Kier molecular flexibility index (Phi) is 3.43. The molecular weight excluding hydrogens is 204 g/mol. The third-order valence-corrected chi connectivity index (χ3v) is 2.94. The molecule has 16 heavy (non-hydrogen) atoms. The molecule has 0 radical (unpaired) electrons. The topological polar surface area (TPSA) is 54.4 Å². The van der Waals surface area contributed by atoms with Crippen molar-refractivity contribution in [1.82, 2.24) is 4.98 Å². The molecule has 0 aromatic carbocycles. The Labute approximate surface area is 96.7 Å². The molecule has 0 aliphatic heterocycles. The van der Waals surface area contributed by atoms with Crippen molar-refractivity contribution >= 4 is 5.82 Å². The normalized spacial score (nSPS) is 12.4. The van der Waals surface area contributed by atoms with Gasteiger partial charge in [0.25, 0.3) is 0 Å². The molecule has 4 heteroatoms. The van der Waals surface area contributed by atoms with E-state index in [1.807, 2.05) is 26.0 Å². The van der Waals surface area contributed by atoms with Crippen LogP contribution in [-0.4, -0.2) is 28.3 Å². The molecular formula is C12H20N2O2. The predicted octanol–water partition coefficient (Wildman–Crippen LogP) is 2.05. The van der Waals surface area contributed by atoms with E-state index in [2.05, 4.69) is 10.3 Å². The van der Waals surface area contributed by atoms with E-state index in [1.165, 1.54) is 0 Å². The standard InChI is InChI=1S/C12H20N2O2/c1-11(2,12(3,4)15)14-10-7-6-9(16-5)8-13-10/h6-8,15H,1-5H3,(H,13,14). The number of methoxy groups -OCH3 is 1. The van der Waals surface area contributed by atoms with Gasteiger partial charge in [-0.05, 0) is 39.8 Å². The highest BCUT2D eigenvalue weighted by atomic mass is 16.5. The second-order valence-electron chi connectivity index (χ2n) is 4.89. The minimum absolute atomic E-state index is 0.464. The summed E-state index contributed by atoms with van der Waals surface area (Å²) in [4.78, 5) is 4.20. The molecule has 0 saturated heterocycles. The monoisotopic (exact) mass is 224 g/mol. The van der Waals surface area contributed by atoms with Gasteiger partial charge in [0.15, 0.2) is 0 Å². The first-order chi connectivity index (χ1) is 7.26. The molecule has 0 bridgehead atoms. The fourth-order valence-electron chi connectivity index (χ4n) is 1.05. The average Bonchev–Trinajstić information content (AvgIpc) is 2.16. The lowest BCUT2D eigenvalue weighted by molar-refractivity contribution is 0.0239. The van der Waals surface area contributed by atoms with E-state index in [4.69, 9.17) is 4.74 Å². The maximum atomic E-state index is 9.99. The van der Waals surface area contributed by atoms with Gasteiger partial charge < -0.3 is 15.2 Å². The van der Waals surface area contributed by atoms with Crippen molar-refractivity contribution in [1.29, 1.82) is 0 Å². The Morgan fingerprint density at radius 2 is 1.88 bits per heavy atom. The number of pyridine rings is 1. The van der Waals surface area contributed by atoms with Crippen molar-refractivity contribution < 1.29 is 9.84 Å². The summed E-state index contributed by atoms with van der Waals surface area (Å²) in [7, 11) is 1.60. The molecule has 0 atom stereocenters. The van der Waals surface area contributed by atoms with Crippen molar-refractivity contribution in [2.24, 2.45) is 0 Å². The van der Waals surface area contributed by atoms with Crippen LogP contribution in [0.5, 0.6) is 5.75 Å². The van der Waals surface area contributed by atoms with Crippen molar-refractivity contribution in [2.75, 3.05) is 12.4 Å². The molecule has 0 unspecified atom stereocenters. The molecule has 0 fully saturated rings. The van der Waals surface area contributed by atoms with Gasteiger partial charge in [-0.15, -0.1) is 0 Å². The summed E-state index contributed by atoms with van der Waals surface area (Å²) in [5, 5.41) is 13.2. The number of aliphatic hydroxyl groups is 1. The van der Waals surface area contributed by atoms with Crippen LogP contribution in [0, 0.1) is 0 Å². The van der Waals surface area contributed by atoms with Gasteiger partial charge >= 0.3 is 0 Å². The summed E-state index contributed by atoms with van der Waals surface area (Å²) in [6.07, 6.45) is 1.64. The molecule has 0 aliphatic rings. The highest BCUT2D eigenvalue weighted by Gasteiger charge is 2.35. The minimum atomic E-state index is -0.839. The van der Waals surface area contributed by atoms with Crippen LogP contribution in [0.15, 0.2) is 18.3 Å². The molecule has 0 aliphatic carbocycles. The van der Waals surface area contributed by atoms with E-state index in [9.17, 15) is 5.11 Å². The highest BCUT2D eigenvalue weighted by molar-refractivity contribution is 5.40. The second-order valence-corrected chi connectivity index (χ2v) is 4.89. The van der Waals surface area contributed by atoms with Crippen molar-refractivity contribution in [3.05, 3.63) is 18.3 Å². The first kappa shape index (κ1) is 12.8. The van der Waals surface area contributed by atoms with Crippen LogP contribution < -0.4 is 10.1 Å². The number of hydrogen-bond acceptors (Lipinski definition) is 4. The molecule has 2 N–H and O–H groups in total. The number of rotatable bonds is 4. The van der Waals surface area contributed by atoms with Crippen molar-refractivity contribution in [2.45, 2.75) is 38.8 Å². The Morgan fingerprint density at radius 3 is 2.25 bits per heavy atom. The van der Waals surface area contributed by atoms with E-state index in [1.54, 1.807) is 27.2 Å². The van der Waals surface area contributed by atoms with Crippen LogP contribution in [-0.2, 0) is 0 Å². The Bertz CT molecular complexity index is 339. The largest absolute Gasteiger partial charge is 0.495 e. The SMILES string of the molecule is COc1ccc(NC(C)(C)C(C)(C)O)nc1. The van der Waals surface area contributed by atoms with E-state index in [0.29, 0.717) is 11.6 Å². The zero-order chi connectivity index (χ0) is 12.4. The maximum Gasteiger partial charge on any atom is 0.137 e.